The van der Waals surface area contributed by atoms with Crippen LogP contribution in [0, 0.1) is 0 Å². The van der Waals surface area contributed by atoms with Gasteiger partial charge in [-0.15, -0.1) is 0 Å². The summed E-state index contributed by atoms with van der Waals surface area (Å²) in [5, 5.41) is 0. The van der Waals surface area contributed by atoms with Gasteiger partial charge in [-0.05, 0) is 41.9 Å². The smallest absolute Gasteiger partial charge is 0.307 e. The van der Waals surface area contributed by atoms with Crippen molar-refractivity contribution in [3.05, 3.63) is 110 Å². The summed E-state index contributed by atoms with van der Waals surface area (Å²) in [5.41, 5.74) is 4.04. The van der Waals surface area contributed by atoms with Gasteiger partial charge in [0.15, 0.2) is 0 Å². The van der Waals surface area contributed by atoms with Crippen molar-refractivity contribution in [1.29, 1.82) is 0 Å². The van der Waals surface area contributed by atoms with Crippen molar-refractivity contribution in [2.45, 2.75) is 31.6 Å². The summed E-state index contributed by atoms with van der Waals surface area (Å²) < 4.78 is 0. The molecule has 4 heteroatoms. The van der Waals surface area contributed by atoms with Crippen molar-refractivity contribution in [3.8, 4) is 0 Å². The molecule has 0 fully saturated rings. The highest BCUT2D eigenvalue weighted by molar-refractivity contribution is 5.66. The average molecular weight is 358 g/mol. The second-order valence-corrected chi connectivity index (χ2v) is 7.04. The highest BCUT2D eigenvalue weighted by atomic mass is 16.2. The van der Waals surface area contributed by atoms with Crippen LogP contribution in [0.5, 0.6) is 0 Å². The van der Waals surface area contributed by atoms with Crippen LogP contribution in [-0.2, 0) is 6.42 Å². The van der Waals surface area contributed by atoms with Crippen LogP contribution in [0.25, 0.3) is 5.57 Å². The van der Waals surface area contributed by atoms with Crippen LogP contribution in [0.1, 0.15) is 47.6 Å². The van der Waals surface area contributed by atoms with Gasteiger partial charge < -0.3 is 4.98 Å². The fraction of sp³-hybridized carbons (Fsp3) is 0.217. The molecule has 2 aromatic carbocycles. The van der Waals surface area contributed by atoms with Crippen molar-refractivity contribution in [1.82, 2.24) is 9.97 Å². The summed E-state index contributed by atoms with van der Waals surface area (Å²) in [7, 11) is 0. The first-order chi connectivity index (χ1) is 13.2. The van der Waals surface area contributed by atoms with E-state index in [-0.39, 0.29) is 5.56 Å². The molecule has 1 aromatic heterocycles. The molecule has 4 rings (SSSR count). The Kier molecular flexibility index (Phi) is 4.88. The summed E-state index contributed by atoms with van der Waals surface area (Å²) >= 11 is 0. The van der Waals surface area contributed by atoms with Crippen molar-refractivity contribution < 1.29 is 0 Å². The van der Waals surface area contributed by atoms with Crippen LogP contribution in [0.15, 0.2) is 76.3 Å². The molecule has 4 nitrogen and oxygen atoms in total. The molecule has 0 saturated carbocycles. The molecule has 1 heterocycles. The number of rotatable bonds is 4. The molecule has 0 spiro atoms. The lowest BCUT2D eigenvalue weighted by atomic mass is 9.83. The zero-order valence-corrected chi connectivity index (χ0v) is 15.1. The van der Waals surface area contributed by atoms with Gasteiger partial charge in [-0.2, -0.15) is 0 Å². The lowest BCUT2D eigenvalue weighted by Gasteiger charge is -2.23. The fourth-order valence-electron chi connectivity index (χ4n) is 3.84. The van der Waals surface area contributed by atoms with Crippen LogP contribution >= 0.6 is 0 Å². The number of hydrogen-bond donors (Lipinski definition) is 2. The Balaban J connectivity index is 1.66. The van der Waals surface area contributed by atoms with Gasteiger partial charge in [-0.3, -0.25) is 9.78 Å². The fourth-order valence-corrected chi connectivity index (χ4v) is 3.84. The van der Waals surface area contributed by atoms with Gasteiger partial charge in [-0.1, -0.05) is 66.7 Å². The minimum Gasteiger partial charge on any atom is -0.307 e. The summed E-state index contributed by atoms with van der Waals surface area (Å²) in [5.74, 6) is 0.487. The maximum Gasteiger partial charge on any atom is 0.326 e. The van der Waals surface area contributed by atoms with Gasteiger partial charge in [0.2, 0.25) is 0 Å². The minimum absolute atomic E-state index is 0.302. The molecule has 0 amide bonds. The number of nitrogens with one attached hydrogen (secondary N) is 2. The van der Waals surface area contributed by atoms with Gasteiger partial charge in [0.25, 0.3) is 5.56 Å². The molecule has 0 aliphatic heterocycles. The Hall–Kier alpha value is -3.14. The predicted octanol–water partition coefficient (Wildman–Crippen LogP) is 4.01. The number of aromatic amines is 2. The zero-order valence-electron chi connectivity index (χ0n) is 15.1. The van der Waals surface area contributed by atoms with E-state index < -0.39 is 5.69 Å². The molecular formula is C23H22N2O2. The van der Waals surface area contributed by atoms with Gasteiger partial charge in [-0.25, -0.2) is 4.79 Å². The van der Waals surface area contributed by atoms with Crippen LogP contribution in [0.4, 0.5) is 0 Å². The average Bonchev–Trinajstić information content (AvgIpc) is 2.71. The second kappa shape index (κ2) is 7.62. The Bertz CT molecular complexity index is 1060. The van der Waals surface area contributed by atoms with E-state index in [4.69, 9.17) is 0 Å². The van der Waals surface area contributed by atoms with Gasteiger partial charge in [0, 0.05) is 12.0 Å². The van der Waals surface area contributed by atoms with Crippen molar-refractivity contribution in [2.75, 3.05) is 0 Å². The van der Waals surface area contributed by atoms with E-state index in [1.165, 1.54) is 5.56 Å². The molecule has 1 atom stereocenters. The molecule has 1 unspecified atom stereocenters. The quantitative estimate of drug-likeness (QED) is 0.740. The normalized spacial score (nSPS) is 16.7. The first-order valence-corrected chi connectivity index (χ1v) is 9.34. The lowest BCUT2D eigenvalue weighted by Crippen LogP contribution is -2.28. The molecular weight excluding hydrogens is 336 g/mol. The molecule has 27 heavy (non-hydrogen) atoms. The Morgan fingerprint density at radius 1 is 0.889 bits per heavy atom. The highest BCUT2D eigenvalue weighted by Crippen LogP contribution is 2.35. The van der Waals surface area contributed by atoms with E-state index >= 15 is 0 Å². The molecule has 3 aromatic rings. The van der Waals surface area contributed by atoms with Crippen LogP contribution in [0.3, 0.4) is 0 Å². The third kappa shape index (κ3) is 3.85. The Morgan fingerprint density at radius 2 is 1.59 bits per heavy atom. The van der Waals surface area contributed by atoms with E-state index in [9.17, 15) is 9.59 Å². The lowest BCUT2D eigenvalue weighted by molar-refractivity contribution is 0.624. The third-order valence-electron chi connectivity index (χ3n) is 5.27. The van der Waals surface area contributed by atoms with E-state index in [1.807, 2.05) is 36.4 Å². The molecule has 0 bridgehead atoms. The van der Waals surface area contributed by atoms with Gasteiger partial charge in [0.1, 0.15) is 0 Å². The number of hydrogen-bond acceptors (Lipinski definition) is 2. The standard InChI is InChI=1S/C23H22N2O2/c26-22-20(15-16-7-3-1-4-8-16)21(24-23(27)25-22)19-13-11-18(12-14-19)17-9-5-2-6-10-17/h1-10,13,18H,11-12,14-15H2,(H2,24,25,26,27). The van der Waals surface area contributed by atoms with Gasteiger partial charge in [0.05, 0.1) is 5.69 Å². The van der Waals surface area contributed by atoms with E-state index in [0.29, 0.717) is 23.6 Å². The van der Waals surface area contributed by atoms with Crippen molar-refractivity contribution >= 4 is 5.57 Å². The molecule has 136 valence electrons. The first kappa shape index (κ1) is 17.3. The number of allylic oxidation sites excluding steroid dienone is 2. The SMILES string of the molecule is O=c1[nH]c(C2=CCC(c3ccccc3)CC2)c(Cc2ccccc2)c(=O)[nH]1. The third-order valence-corrected chi connectivity index (χ3v) is 5.27. The predicted molar refractivity (Wildman–Crippen MR) is 108 cm³/mol. The second-order valence-electron chi connectivity index (χ2n) is 7.04. The maximum absolute atomic E-state index is 12.5. The minimum atomic E-state index is -0.446. The van der Waals surface area contributed by atoms with Crippen LogP contribution in [0.2, 0.25) is 0 Å². The summed E-state index contributed by atoms with van der Waals surface area (Å²) in [6.45, 7) is 0. The molecule has 0 saturated heterocycles. The highest BCUT2D eigenvalue weighted by Gasteiger charge is 2.20. The van der Waals surface area contributed by atoms with E-state index in [1.54, 1.807) is 0 Å². The monoisotopic (exact) mass is 358 g/mol. The molecule has 2 N–H and O–H groups in total. The zero-order chi connectivity index (χ0) is 18.6. The summed E-state index contributed by atoms with van der Waals surface area (Å²) in [6, 6.07) is 20.4. The van der Waals surface area contributed by atoms with E-state index in [0.717, 1.165) is 30.4 Å². The molecule has 1 aliphatic carbocycles. The van der Waals surface area contributed by atoms with Crippen LogP contribution < -0.4 is 11.2 Å². The summed E-state index contributed by atoms with van der Waals surface area (Å²) in [6.07, 6.45) is 5.46. The van der Waals surface area contributed by atoms with Gasteiger partial charge >= 0.3 is 5.69 Å². The number of benzene rings is 2. The molecule has 0 radical (unpaired) electrons. The van der Waals surface area contributed by atoms with Crippen molar-refractivity contribution in [2.24, 2.45) is 0 Å². The van der Waals surface area contributed by atoms with Crippen molar-refractivity contribution in [3.63, 3.8) is 0 Å². The maximum atomic E-state index is 12.5. The Morgan fingerprint density at radius 3 is 2.26 bits per heavy atom. The molecule has 1 aliphatic rings. The van der Waals surface area contributed by atoms with Crippen LogP contribution in [-0.4, -0.2) is 9.97 Å². The number of H-pyrrole nitrogens is 2. The topological polar surface area (TPSA) is 65.7 Å². The number of aromatic nitrogens is 2. The summed E-state index contributed by atoms with van der Waals surface area (Å²) in [4.78, 5) is 29.7. The largest absolute Gasteiger partial charge is 0.326 e. The first-order valence-electron chi connectivity index (χ1n) is 9.34. The van der Waals surface area contributed by atoms with E-state index in [2.05, 4.69) is 40.3 Å². The Labute approximate surface area is 157 Å².